The molecule has 0 aromatic heterocycles. The van der Waals surface area contributed by atoms with Crippen molar-refractivity contribution in [2.45, 2.75) is 6.61 Å². The molecule has 1 aliphatic heterocycles. The molecule has 144 valence electrons. The van der Waals surface area contributed by atoms with Gasteiger partial charge in [0.25, 0.3) is 11.8 Å². The van der Waals surface area contributed by atoms with Gasteiger partial charge in [-0.1, -0.05) is 35.9 Å². The van der Waals surface area contributed by atoms with Crippen LogP contribution in [0.15, 0.2) is 66.7 Å². The molecule has 4 rings (SSSR count). The molecule has 0 atom stereocenters. The van der Waals surface area contributed by atoms with Crippen LogP contribution in [0, 0.1) is 5.82 Å². The van der Waals surface area contributed by atoms with Gasteiger partial charge in [0, 0.05) is 0 Å². The lowest BCUT2D eigenvalue weighted by molar-refractivity contribution is 0.0472. The third kappa shape index (κ3) is 3.50. The van der Waals surface area contributed by atoms with Gasteiger partial charge in [0.15, 0.2) is 0 Å². The Bertz CT molecular complexity index is 1160. The molecule has 3 aromatic carbocycles. The van der Waals surface area contributed by atoms with E-state index in [2.05, 4.69) is 0 Å². The molecule has 7 heteroatoms. The minimum absolute atomic E-state index is 0.0927. The molecule has 1 heterocycles. The van der Waals surface area contributed by atoms with E-state index in [1.807, 2.05) is 0 Å². The van der Waals surface area contributed by atoms with E-state index in [0.29, 0.717) is 5.56 Å². The SMILES string of the molecule is O=C(OCc1cccc(F)c1)c1ccc2c(c1)C(=O)N(c1ccccc1Cl)C2=O. The summed E-state index contributed by atoms with van der Waals surface area (Å²) in [5, 5.41) is 0.261. The Labute approximate surface area is 170 Å². The van der Waals surface area contributed by atoms with E-state index < -0.39 is 23.6 Å². The van der Waals surface area contributed by atoms with Crippen LogP contribution in [0.1, 0.15) is 36.6 Å². The minimum atomic E-state index is -0.687. The number of nitrogens with zero attached hydrogens (tertiary/aromatic N) is 1. The van der Waals surface area contributed by atoms with Crippen molar-refractivity contribution in [2.24, 2.45) is 0 Å². The number of imide groups is 1. The Morgan fingerprint density at radius 1 is 0.931 bits per heavy atom. The van der Waals surface area contributed by atoms with E-state index >= 15 is 0 Å². The number of ether oxygens (including phenoxy) is 1. The maximum atomic E-state index is 13.2. The highest BCUT2D eigenvalue weighted by Gasteiger charge is 2.38. The zero-order chi connectivity index (χ0) is 20.5. The first-order chi connectivity index (χ1) is 14.0. The third-order valence-electron chi connectivity index (χ3n) is 4.47. The zero-order valence-electron chi connectivity index (χ0n) is 14.9. The average Bonchev–Trinajstić information content (AvgIpc) is 2.96. The van der Waals surface area contributed by atoms with Gasteiger partial charge in [-0.25, -0.2) is 14.1 Å². The summed E-state index contributed by atoms with van der Waals surface area (Å²) in [6.07, 6.45) is 0. The van der Waals surface area contributed by atoms with Gasteiger partial charge < -0.3 is 4.74 Å². The van der Waals surface area contributed by atoms with Crippen LogP contribution >= 0.6 is 11.6 Å². The quantitative estimate of drug-likeness (QED) is 0.465. The van der Waals surface area contributed by atoms with Crippen LogP contribution in [0.2, 0.25) is 5.02 Å². The maximum Gasteiger partial charge on any atom is 0.338 e. The summed E-state index contributed by atoms with van der Waals surface area (Å²) in [7, 11) is 0. The van der Waals surface area contributed by atoms with Gasteiger partial charge in [-0.3, -0.25) is 9.59 Å². The molecule has 3 aromatic rings. The molecule has 1 aliphatic rings. The zero-order valence-corrected chi connectivity index (χ0v) is 15.7. The first kappa shape index (κ1) is 18.8. The lowest BCUT2D eigenvalue weighted by Crippen LogP contribution is -2.29. The van der Waals surface area contributed by atoms with E-state index in [1.165, 1.54) is 36.4 Å². The normalized spacial score (nSPS) is 12.8. The number of amides is 2. The van der Waals surface area contributed by atoms with Crippen molar-refractivity contribution >= 4 is 35.1 Å². The van der Waals surface area contributed by atoms with Crippen LogP contribution < -0.4 is 4.90 Å². The average molecular weight is 410 g/mol. The molecule has 0 saturated heterocycles. The Kier molecular flexibility index (Phi) is 4.86. The number of halogens is 2. The summed E-state index contributed by atoms with van der Waals surface area (Å²) in [4.78, 5) is 38.8. The molecule has 0 fully saturated rings. The molecule has 0 spiro atoms. The van der Waals surface area contributed by atoms with E-state index in [9.17, 15) is 18.8 Å². The molecule has 2 amide bonds. The monoisotopic (exact) mass is 409 g/mol. The molecular formula is C22H13ClFNO4. The number of carbonyl (C=O) groups is 3. The van der Waals surface area contributed by atoms with E-state index in [1.54, 1.807) is 30.3 Å². The molecular weight excluding hydrogens is 397 g/mol. The lowest BCUT2D eigenvalue weighted by Gasteiger charge is -2.15. The van der Waals surface area contributed by atoms with Crippen molar-refractivity contribution in [2.75, 3.05) is 4.90 Å². The van der Waals surface area contributed by atoms with Crippen molar-refractivity contribution < 1.29 is 23.5 Å². The molecule has 0 unspecified atom stereocenters. The fraction of sp³-hybridized carbons (Fsp3) is 0.0455. The Balaban J connectivity index is 1.57. The molecule has 0 N–H and O–H groups in total. The Morgan fingerprint density at radius 3 is 2.45 bits per heavy atom. The second-order valence-corrected chi connectivity index (χ2v) is 6.77. The largest absolute Gasteiger partial charge is 0.457 e. The summed E-state index contributed by atoms with van der Waals surface area (Å²) in [5.41, 5.74) is 1.15. The topological polar surface area (TPSA) is 63.7 Å². The fourth-order valence-electron chi connectivity index (χ4n) is 3.08. The number of anilines is 1. The van der Waals surface area contributed by atoms with Gasteiger partial charge in [-0.2, -0.15) is 0 Å². The first-order valence-corrected chi connectivity index (χ1v) is 9.02. The van der Waals surface area contributed by atoms with Crippen LogP contribution in [0.5, 0.6) is 0 Å². The summed E-state index contributed by atoms with van der Waals surface area (Å²) in [6.45, 7) is -0.119. The number of benzene rings is 3. The van der Waals surface area contributed by atoms with Crippen molar-refractivity contribution in [3.63, 3.8) is 0 Å². The lowest BCUT2D eigenvalue weighted by atomic mass is 10.1. The van der Waals surface area contributed by atoms with Crippen molar-refractivity contribution in [3.8, 4) is 0 Å². The smallest absolute Gasteiger partial charge is 0.338 e. The molecule has 0 saturated carbocycles. The molecule has 5 nitrogen and oxygen atoms in total. The van der Waals surface area contributed by atoms with E-state index in [-0.39, 0.29) is 34.0 Å². The van der Waals surface area contributed by atoms with Gasteiger partial charge in [-0.05, 0) is 48.0 Å². The van der Waals surface area contributed by atoms with Crippen molar-refractivity contribution in [1.29, 1.82) is 0 Å². The summed E-state index contributed by atoms with van der Waals surface area (Å²) in [6, 6.07) is 16.3. The van der Waals surface area contributed by atoms with Crippen molar-refractivity contribution in [1.82, 2.24) is 0 Å². The van der Waals surface area contributed by atoms with Gasteiger partial charge in [-0.15, -0.1) is 0 Å². The third-order valence-corrected chi connectivity index (χ3v) is 4.79. The number of rotatable bonds is 4. The number of fused-ring (bicyclic) bond motifs is 1. The highest BCUT2D eigenvalue weighted by Crippen LogP contribution is 2.33. The predicted octanol–water partition coefficient (Wildman–Crippen LogP) is 4.64. The molecule has 29 heavy (non-hydrogen) atoms. The van der Waals surface area contributed by atoms with Crippen LogP contribution in [0.25, 0.3) is 0 Å². The maximum absolute atomic E-state index is 13.2. The van der Waals surface area contributed by atoms with Gasteiger partial charge in [0.2, 0.25) is 0 Å². The molecule has 0 bridgehead atoms. The number of para-hydroxylation sites is 1. The first-order valence-electron chi connectivity index (χ1n) is 8.64. The Morgan fingerprint density at radius 2 is 1.69 bits per heavy atom. The van der Waals surface area contributed by atoms with Gasteiger partial charge in [0.05, 0.1) is 27.4 Å². The predicted molar refractivity (Wildman–Crippen MR) is 105 cm³/mol. The standard InChI is InChI=1S/C22H13ClFNO4/c23-18-6-1-2-7-19(18)25-20(26)16-9-8-14(11-17(16)21(25)27)22(28)29-12-13-4-3-5-15(24)10-13/h1-11H,12H2. The molecule has 0 radical (unpaired) electrons. The summed E-state index contributed by atoms with van der Waals surface area (Å²) in [5.74, 6) is -2.20. The number of esters is 1. The number of carbonyl (C=O) groups excluding carboxylic acids is 3. The minimum Gasteiger partial charge on any atom is -0.457 e. The van der Waals surface area contributed by atoms with Crippen LogP contribution in [-0.4, -0.2) is 17.8 Å². The highest BCUT2D eigenvalue weighted by atomic mass is 35.5. The van der Waals surface area contributed by atoms with Gasteiger partial charge in [0.1, 0.15) is 12.4 Å². The highest BCUT2D eigenvalue weighted by molar-refractivity contribution is 6.39. The van der Waals surface area contributed by atoms with E-state index in [0.717, 1.165) is 4.90 Å². The number of hydrogen-bond donors (Lipinski definition) is 0. The fourth-order valence-corrected chi connectivity index (χ4v) is 3.30. The Hall–Kier alpha value is -3.51. The second kappa shape index (κ2) is 7.48. The van der Waals surface area contributed by atoms with E-state index in [4.69, 9.17) is 16.3 Å². The van der Waals surface area contributed by atoms with Crippen LogP contribution in [-0.2, 0) is 11.3 Å². The second-order valence-electron chi connectivity index (χ2n) is 6.36. The van der Waals surface area contributed by atoms with Crippen LogP contribution in [0.4, 0.5) is 10.1 Å². The van der Waals surface area contributed by atoms with Gasteiger partial charge >= 0.3 is 5.97 Å². The molecule has 0 aliphatic carbocycles. The number of hydrogen-bond acceptors (Lipinski definition) is 4. The summed E-state index contributed by atoms with van der Waals surface area (Å²) >= 11 is 6.12. The summed E-state index contributed by atoms with van der Waals surface area (Å²) < 4.78 is 18.4. The van der Waals surface area contributed by atoms with Crippen molar-refractivity contribution in [3.05, 3.63) is 99.8 Å². The van der Waals surface area contributed by atoms with Crippen LogP contribution in [0.3, 0.4) is 0 Å².